The number of nitrogens with one attached hydrogen (secondary N) is 1. The van der Waals surface area contributed by atoms with Crippen molar-refractivity contribution >= 4 is 17.5 Å². The summed E-state index contributed by atoms with van der Waals surface area (Å²) < 4.78 is 4.95. The quantitative estimate of drug-likeness (QED) is 0.610. The summed E-state index contributed by atoms with van der Waals surface area (Å²) in [5.41, 5.74) is 6.03. The zero-order valence-corrected chi connectivity index (χ0v) is 10.6. The highest BCUT2D eigenvalue weighted by molar-refractivity contribution is 5.53. The van der Waals surface area contributed by atoms with Gasteiger partial charge in [-0.25, -0.2) is 9.97 Å². The van der Waals surface area contributed by atoms with Crippen LogP contribution in [-0.2, 0) is 6.54 Å². The van der Waals surface area contributed by atoms with Crippen LogP contribution in [0.1, 0.15) is 5.56 Å². The van der Waals surface area contributed by atoms with E-state index in [0.717, 1.165) is 11.8 Å². The summed E-state index contributed by atoms with van der Waals surface area (Å²) in [7, 11) is 1.54. The summed E-state index contributed by atoms with van der Waals surface area (Å²) in [4.78, 5) is 21.6. The van der Waals surface area contributed by atoms with E-state index in [1.165, 1.54) is 7.11 Å². The third kappa shape index (κ3) is 3.07. The van der Waals surface area contributed by atoms with Gasteiger partial charge in [0.15, 0.2) is 0 Å². The molecule has 0 aliphatic carbocycles. The lowest BCUT2D eigenvalue weighted by atomic mass is 10.3. The molecule has 0 saturated heterocycles. The van der Waals surface area contributed by atoms with E-state index in [-0.39, 0.29) is 17.5 Å². The third-order valence-electron chi connectivity index (χ3n) is 2.45. The van der Waals surface area contributed by atoms with E-state index in [1.807, 2.05) is 6.07 Å². The molecule has 0 bridgehead atoms. The predicted octanol–water partition coefficient (Wildman–Crippen LogP) is 0.983. The number of pyridine rings is 1. The Hall–Kier alpha value is -2.97. The first kappa shape index (κ1) is 13.5. The van der Waals surface area contributed by atoms with Crippen molar-refractivity contribution < 1.29 is 9.66 Å². The predicted molar refractivity (Wildman–Crippen MR) is 71.2 cm³/mol. The molecule has 104 valence electrons. The summed E-state index contributed by atoms with van der Waals surface area (Å²) in [5.74, 6) is 0.550. The first-order chi connectivity index (χ1) is 9.60. The average molecular weight is 276 g/mol. The number of hydrogen-bond donors (Lipinski definition) is 2. The van der Waals surface area contributed by atoms with Gasteiger partial charge in [-0.15, -0.1) is 0 Å². The first-order valence-corrected chi connectivity index (χ1v) is 5.60. The van der Waals surface area contributed by atoms with Crippen molar-refractivity contribution in [2.75, 3.05) is 18.2 Å². The number of anilines is 2. The van der Waals surface area contributed by atoms with Crippen molar-refractivity contribution in [2.24, 2.45) is 0 Å². The Labute approximate surface area is 114 Å². The fourth-order valence-electron chi connectivity index (χ4n) is 1.43. The van der Waals surface area contributed by atoms with Gasteiger partial charge in [0, 0.05) is 18.8 Å². The third-order valence-corrected chi connectivity index (χ3v) is 2.45. The van der Waals surface area contributed by atoms with Crippen molar-refractivity contribution in [3.8, 4) is 5.88 Å². The molecule has 0 aromatic carbocycles. The summed E-state index contributed by atoms with van der Waals surface area (Å²) in [5, 5.41) is 13.5. The molecule has 9 heteroatoms. The number of nitrogens with zero attached hydrogens (tertiary/aromatic N) is 4. The van der Waals surface area contributed by atoms with Crippen LogP contribution in [-0.4, -0.2) is 27.0 Å². The highest BCUT2D eigenvalue weighted by Gasteiger charge is 2.13. The molecule has 0 atom stereocenters. The number of nitrogen functional groups attached to an aromatic ring is 1. The molecule has 2 rings (SSSR count). The molecule has 0 unspecified atom stereocenters. The van der Waals surface area contributed by atoms with Gasteiger partial charge in [0.2, 0.25) is 17.6 Å². The molecule has 0 aliphatic heterocycles. The van der Waals surface area contributed by atoms with E-state index in [9.17, 15) is 10.1 Å². The van der Waals surface area contributed by atoms with E-state index >= 15 is 0 Å². The maximum Gasteiger partial charge on any atom is 0.329 e. The molecule has 0 aliphatic rings. The summed E-state index contributed by atoms with van der Waals surface area (Å²) in [6, 6.07) is 3.55. The summed E-state index contributed by atoms with van der Waals surface area (Å²) in [6.07, 6.45) is 2.71. The highest BCUT2D eigenvalue weighted by Crippen LogP contribution is 2.18. The average Bonchev–Trinajstić information content (AvgIpc) is 2.45. The molecule has 0 amide bonds. The minimum Gasteiger partial charge on any atom is -0.481 e. The maximum atomic E-state index is 10.6. The number of ether oxygens (including phenoxy) is 1. The molecule has 2 heterocycles. The standard InChI is InChI=1S/C11H12N6O3/c1-20-9-3-2-7(4-13-9)5-14-11-15-6-8(17(18)19)10(12)16-11/h2-4,6H,5H2,1H3,(H3,12,14,15,16). The second kappa shape index (κ2) is 5.78. The number of methoxy groups -OCH3 is 1. The number of aromatic nitrogens is 3. The van der Waals surface area contributed by atoms with E-state index < -0.39 is 4.92 Å². The highest BCUT2D eigenvalue weighted by atomic mass is 16.6. The Balaban J connectivity index is 2.03. The van der Waals surface area contributed by atoms with Gasteiger partial charge in [0.05, 0.1) is 12.0 Å². The van der Waals surface area contributed by atoms with Crippen LogP contribution in [0.4, 0.5) is 17.5 Å². The van der Waals surface area contributed by atoms with Gasteiger partial charge >= 0.3 is 5.69 Å². The van der Waals surface area contributed by atoms with Crippen LogP contribution in [0.25, 0.3) is 0 Å². The van der Waals surface area contributed by atoms with Gasteiger partial charge in [-0.3, -0.25) is 10.1 Å². The molecule has 20 heavy (non-hydrogen) atoms. The Morgan fingerprint density at radius 3 is 2.75 bits per heavy atom. The van der Waals surface area contributed by atoms with Crippen molar-refractivity contribution in [1.82, 2.24) is 15.0 Å². The lowest BCUT2D eigenvalue weighted by molar-refractivity contribution is -0.384. The van der Waals surface area contributed by atoms with Crippen LogP contribution in [0, 0.1) is 10.1 Å². The van der Waals surface area contributed by atoms with Crippen molar-refractivity contribution in [3.05, 3.63) is 40.2 Å². The van der Waals surface area contributed by atoms with Crippen LogP contribution in [0.5, 0.6) is 5.88 Å². The fraction of sp³-hybridized carbons (Fsp3) is 0.182. The molecule has 3 N–H and O–H groups in total. The Bertz CT molecular complexity index is 616. The number of hydrogen-bond acceptors (Lipinski definition) is 8. The van der Waals surface area contributed by atoms with Gasteiger partial charge < -0.3 is 15.8 Å². The number of nitro groups is 1. The van der Waals surface area contributed by atoms with Crippen LogP contribution in [0.3, 0.4) is 0 Å². The van der Waals surface area contributed by atoms with E-state index in [1.54, 1.807) is 12.3 Å². The fourth-order valence-corrected chi connectivity index (χ4v) is 1.43. The zero-order chi connectivity index (χ0) is 14.5. The first-order valence-electron chi connectivity index (χ1n) is 5.60. The van der Waals surface area contributed by atoms with Gasteiger partial charge in [0.1, 0.15) is 6.20 Å². The van der Waals surface area contributed by atoms with Crippen LogP contribution < -0.4 is 15.8 Å². The van der Waals surface area contributed by atoms with Gasteiger partial charge in [0.25, 0.3) is 0 Å². The van der Waals surface area contributed by atoms with Gasteiger partial charge in [-0.1, -0.05) is 6.07 Å². The largest absolute Gasteiger partial charge is 0.481 e. The Morgan fingerprint density at radius 2 is 2.20 bits per heavy atom. The second-order valence-corrected chi connectivity index (χ2v) is 3.78. The van der Waals surface area contributed by atoms with Crippen LogP contribution >= 0.6 is 0 Å². The van der Waals surface area contributed by atoms with E-state index in [0.29, 0.717) is 12.4 Å². The number of nitrogens with two attached hydrogens (primary N) is 1. The van der Waals surface area contributed by atoms with Crippen molar-refractivity contribution in [2.45, 2.75) is 6.54 Å². The molecule has 2 aromatic rings. The summed E-state index contributed by atoms with van der Waals surface area (Å²) >= 11 is 0. The second-order valence-electron chi connectivity index (χ2n) is 3.78. The molecule has 2 aromatic heterocycles. The van der Waals surface area contributed by atoms with Crippen LogP contribution in [0.2, 0.25) is 0 Å². The van der Waals surface area contributed by atoms with Crippen molar-refractivity contribution in [1.29, 1.82) is 0 Å². The number of rotatable bonds is 5. The lowest BCUT2D eigenvalue weighted by Gasteiger charge is -2.05. The van der Waals surface area contributed by atoms with Crippen LogP contribution in [0.15, 0.2) is 24.5 Å². The van der Waals surface area contributed by atoms with Gasteiger partial charge in [-0.2, -0.15) is 4.98 Å². The zero-order valence-electron chi connectivity index (χ0n) is 10.6. The Morgan fingerprint density at radius 1 is 1.40 bits per heavy atom. The molecular weight excluding hydrogens is 264 g/mol. The topological polar surface area (TPSA) is 129 Å². The summed E-state index contributed by atoms with van der Waals surface area (Å²) in [6.45, 7) is 0.411. The minimum absolute atomic E-state index is 0.180. The molecule has 0 spiro atoms. The normalized spacial score (nSPS) is 10.1. The molecular formula is C11H12N6O3. The molecule has 0 fully saturated rings. The Kier molecular flexibility index (Phi) is 3.89. The monoisotopic (exact) mass is 276 g/mol. The minimum atomic E-state index is -0.632. The maximum absolute atomic E-state index is 10.6. The van der Waals surface area contributed by atoms with Crippen molar-refractivity contribution in [3.63, 3.8) is 0 Å². The van der Waals surface area contributed by atoms with E-state index in [4.69, 9.17) is 10.5 Å². The SMILES string of the molecule is COc1ccc(CNc2ncc([N+](=O)[O-])c(N)n2)cn1. The van der Waals surface area contributed by atoms with Gasteiger partial charge in [-0.05, 0) is 5.56 Å². The lowest BCUT2D eigenvalue weighted by Crippen LogP contribution is -2.07. The molecule has 0 radical (unpaired) electrons. The van der Waals surface area contributed by atoms with E-state index in [2.05, 4.69) is 20.3 Å². The molecule has 0 saturated carbocycles. The smallest absolute Gasteiger partial charge is 0.329 e. The molecule has 9 nitrogen and oxygen atoms in total.